The molecule has 0 unspecified atom stereocenters. The van der Waals surface area contributed by atoms with Gasteiger partial charge in [-0.2, -0.15) is 0 Å². The van der Waals surface area contributed by atoms with E-state index >= 15 is 0 Å². The van der Waals surface area contributed by atoms with Gasteiger partial charge < -0.3 is 9.64 Å². The maximum atomic E-state index is 12.9. The standard InChI is InChI=1S/C11H13BrFNO2/c1-14(2)11(15)5-6-16-8-3-4-10(13)9(12)7-8/h3-4,7H,5-6H2,1-2H3. The summed E-state index contributed by atoms with van der Waals surface area (Å²) in [7, 11) is 3.38. The van der Waals surface area contributed by atoms with E-state index in [1.165, 1.54) is 23.1 Å². The molecule has 1 rings (SSSR count). The van der Waals surface area contributed by atoms with E-state index < -0.39 is 0 Å². The molecule has 0 N–H and O–H groups in total. The topological polar surface area (TPSA) is 29.5 Å². The van der Waals surface area contributed by atoms with Crippen LogP contribution < -0.4 is 4.74 Å². The van der Waals surface area contributed by atoms with Crippen LogP contribution in [0.15, 0.2) is 22.7 Å². The Balaban J connectivity index is 2.43. The summed E-state index contributed by atoms with van der Waals surface area (Å²) < 4.78 is 18.6. The second-order valence-corrected chi connectivity index (χ2v) is 4.32. The predicted molar refractivity (Wildman–Crippen MR) is 62.9 cm³/mol. The van der Waals surface area contributed by atoms with Gasteiger partial charge in [-0.15, -0.1) is 0 Å². The third-order valence-corrected chi connectivity index (χ3v) is 2.58. The van der Waals surface area contributed by atoms with Crippen molar-refractivity contribution >= 4 is 21.8 Å². The van der Waals surface area contributed by atoms with Crippen LogP contribution in [0.2, 0.25) is 0 Å². The van der Waals surface area contributed by atoms with Gasteiger partial charge in [0.25, 0.3) is 0 Å². The molecule has 0 radical (unpaired) electrons. The lowest BCUT2D eigenvalue weighted by molar-refractivity contribution is -0.129. The molecule has 0 fully saturated rings. The average Bonchev–Trinajstić information content (AvgIpc) is 2.23. The molecule has 0 spiro atoms. The monoisotopic (exact) mass is 289 g/mol. The molecule has 0 bridgehead atoms. The zero-order valence-corrected chi connectivity index (χ0v) is 10.8. The third kappa shape index (κ3) is 3.81. The summed E-state index contributed by atoms with van der Waals surface area (Å²) in [6.07, 6.45) is 0.308. The molecular formula is C11H13BrFNO2. The van der Waals surface area contributed by atoms with Gasteiger partial charge in [0.2, 0.25) is 5.91 Å². The van der Waals surface area contributed by atoms with E-state index in [-0.39, 0.29) is 18.3 Å². The van der Waals surface area contributed by atoms with Crippen LogP contribution in [0.3, 0.4) is 0 Å². The Morgan fingerprint density at radius 1 is 1.50 bits per heavy atom. The van der Waals surface area contributed by atoms with Gasteiger partial charge in [0.1, 0.15) is 11.6 Å². The Labute approximate surface area is 102 Å². The van der Waals surface area contributed by atoms with Crippen molar-refractivity contribution in [1.82, 2.24) is 4.90 Å². The molecule has 0 atom stereocenters. The highest BCUT2D eigenvalue weighted by molar-refractivity contribution is 9.10. The Bertz CT molecular complexity index is 382. The molecule has 3 nitrogen and oxygen atoms in total. The summed E-state index contributed by atoms with van der Waals surface area (Å²) in [5.74, 6) is 0.206. The molecule has 0 saturated heterocycles. The number of rotatable bonds is 4. The second-order valence-electron chi connectivity index (χ2n) is 3.46. The van der Waals surface area contributed by atoms with Crippen molar-refractivity contribution in [2.24, 2.45) is 0 Å². The summed E-state index contributed by atoms with van der Waals surface area (Å²) in [5, 5.41) is 0. The van der Waals surface area contributed by atoms with E-state index in [2.05, 4.69) is 15.9 Å². The van der Waals surface area contributed by atoms with Crippen molar-refractivity contribution < 1.29 is 13.9 Å². The third-order valence-electron chi connectivity index (χ3n) is 1.97. The highest BCUT2D eigenvalue weighted by Crippen LogP contribution is 2.21. The summed E-state index contributed by atoms with van der Waals surface area (Å²) >= 11 is 3.06. The van der Waals surface area contributed by atoms with Gasteiger partial charge in [0.05, 0.1) is 17.5 Å². The van der Waals surface area contributed by atoms with Crippen LogP contribution in [0, 0.1) is 5.82 Å². The smallest absolute Gasteiger partial charge is 0.225 e. The van der Waals surface area contributed by atoms with Crippen molar-refractivity contribution in [2.45, 2.75) is 6.42 Å². The highest BCUT2D eigenvalue weighted by atomic mass is 79.9. The van der Waals surface area contributed by atoms with Crippen molar-refractivity contribution in [3.63, 3.8) is 0 Å². The first-order valence-electron chi connectivity index (χ1n) is 4.78. The normalized spacial score (nSPS) is 10.0. The van der Waals surface area contributed by atoms with Gasteiger partial charge in [-0.3, -0.25) is 4.79 Å². The van der Waals surface area contributed by atoms with E-state index in [9.17, 15) is 9.18 Å². The van der Waals surface area contributed by atoms with Gasteiger partial charge in [-0.25, -0.2) is 4.39 Å². The number of nitrogens with zero attached hydrogens (tertiary/aromatic N) is 1. The lowest BCUT2D eigenvalue weighted by atomic mass is 10.3. The largest absolute Gasteiger partial charge is 0.493 e. The zero-order valence-electron chi connectivity index (χ0n) is 9.17. The van der Waals surface area contributed by atoms with Crippen LogP contribution in [0.5, 0.6) is 5.75 Å². The maximum absolute atomic E-state index is 12.9. The lowest BCUT2D eigenvalue weighted by Gasteiger charge is -2.11. The minimum Gasteiger partial charge on any atom is -0.493 e. The molecule has 5 heteroatoms. The highest BCUT2D eigenvalue weighted by Gasteiger charge is 2.05. The van der Waals surface area contributed by atoms with E-state index in [1.54, 1.807) is 14.1 Å². The quantitative estimate of drug-likeness (QED) is 0.852. The van der Waals surface area contributed by atoms with Crippen molar-refractivity contribution in [3.05, 3.63) is 28.5 Å². The van der Waals surface area contributed by atoms with Crippen LogP contribution in [0.25, 0.3) is 0 Å². The minimum absolute atomic E-state index is 0.00109. The molecule has 1 amide bonds. The Morgan fingerprint density at radius 2 is 2.19 bits per heavy atom. The first kappa shape index (κ1) is 13.0. The second kappa shape index (κ2) is 5.84. The maximum Gasteiger partial charge on any atom is 0.225 e. The lowest BCUT2D eigenvalue weighted by Crippen LogP contribution is -2.23. The summed E-state index contributed by atoms with van der Waals surface area (Å²) in [6, 6.07) is 4.38. The first-order valence-corrected chi connectivity index (χ1v) is 5.58. The Kier molecular flexibility index (Phi) is 4.73. The number of carbonyl (C=O) groups excluding carboxylic acids is 1. The molecule has 0 heterocycles. The van der Waals surface area contributed by atoms with Gasteiger partial charge in [0, 0.05) is 14.1 Å². The number of hydrogen-bond acceptors (Lipinski definition) is 2. The number of amides is 1. The molecule has 1 aromatic rings. The van der Waals surface area contributed by atoms with Gasteiger partial charge in [-0.05, 0) is 34.1 Å². The molecular weight excluding hydrogens is 277 g/mol. The van der Waals surface area contributed by atoms with Crippen molar-refractivity contribution in [2.75, 3.05) is 20.7 Å². The predicted octanol–water partition coefficient (Wildman–Crippen LogP) is 2.45. The molecule has 0 aliphatic rings. The molecule has 0 aliphatic carbocycles. The number of ether oxygens (including phenoxy) is 1. The molecule has 0 saturated carbocycles. The van der Waals surface area contributed by atoms with Crippen molar-refractivity contribution in [3.8, 4) is 5.75 Å². The van der Waals surface area contributed by atoms with E-state index in [1.807, 2.05) is 0 Å². The molecule has 0 aliphatic heterocycles. The summed E-state index contributed by atoms with van der Waals surface area (Å²) in [4.78, 5) is 12.7. The van der Waals surface area contributed by atoms with Crippen LogP contribution in [0.1, 0.15) is 6.42 Å². The molecule has 16 heavy (non-hydrogen) atoms. The fourth-order valence-electron chi connectivity index (χ4n) is 1.05. The van der Waals surface area contributed by atoms with E-state index in [4.69, 9.17) is 4.74 Å². The van der Waals surface area contributed by atoms with E-state index in [0.29, 0.717) is 16.6 Å². The van der Waals surface area contributed by atoms with Gasteiger partial charge in [0.15, 0.2) is 0 Å². The number of carbonyl (C=O) groups is 1. The van der Waals surface area contributed by atoms with Crippen LogP contribution >= 0.6 is 15.9 Å². The fourth-order valence-corrected chi connectivity index (χ4v) is 1.40. The SMILES string of the molecule is CN(C)C(=O)CCOc1ccc(F)c(Br)c1. The van der Waals surface area contributed by atoms with Crippen LogP contribution in [-0.4, -0.2) is 31.5 Å². The number of halogens is 2. The van der Waals surface area contributed by atoms with Crippen molar-refractivity contribution in [1.29, 1.82) is 0 Å². The molecule has 1 aromatic carbocycles. The van der Waals surface area contributed by atoms with Crippen LogP contribution in [0.4, 0.5) is 4.39 Å². The molecule has 88 valence electrons. The minimum atomic E-state index is -0.336. The Morgan fingerprint density at radius 3 is 2.75 bits per heavy atom. The first-order chi connectivity index (χ1) is 7.50. The number of benzene rings is 1. The van der Waals surface area contributed by atoms with Gasteiger partial charge >= 0.3 is 0 Å². The fraction of sp³-hybridized carbons (Fsp3) is 0.364. The summed E-state index contributed by atoms with van der Waals surface area (Å²) in [6.45, 7) is 0.287. The zero-order chi connectivity index (χ0) is 12.1. The molecule has 0 aromatic heterocycles. The van der Waals surface area contributed by atoms with Crippen LogP contribution in [-0.2, 0) is 4.79 Å². The number of hydrogen-bond donors (Lipinski definition) is 0. The average molecular weight is 290 g/mol. The van der Waals surface area contributed by atoms with E-state index in [0.717, 1.165) is 0 Å². The Hall–Kier alpha value is -1.10. The summed E-state index contributed by atoms with van der Waals surface area (Å²) in [5.41, 5.74) is 0. The van der Waals surface area contributed by atoms with Gasteiger partial charge in [-0.1, -0.05) is 0 Å².